The molecule has 1 saturated carbocycles. The van der Waals surface area contributed by atoms with Gasteiger partial charge in [-0.3, -0.25) is 14.4 Å². The summed E-state index contributed by atoms with van der Waals surface area (Å²) >= 11 is 14.6. The molecule has 1 N–H and O–H groups in total. The number of carbonyl (C=O) groups is 3. The average Bonchev–Trinajstić information content (AvgIpc) is 3.75. The Balaban J connectivity index is 1.67. The molecule has 3 aromatic rings. The van der Waals surface area contributed by atoms with E-state index in [1.165, 1.54) is 0 Å². The highest BCUT2D eigenvalue weighted by atomic mass is 127. The Morgan fingerprint density at radius 3 is 2.21 bits per heavy atom. The van der Waals surface area contributed by atoms with Crippen LogP contribution in [0.1, 0.15) is 65.7 Å². The first kappa shape index (κ1) is 27.9. The fourth-order valence-corrected chi connectivity index (χ4v) is 6.04. The van der Waals surface area contributed by atoms with Crippen LogP contribution >= 0.6 is 45.8 Å². The quantitative estimate of drug-likeness (QED) is 0.188. The number of anilines is 1. The van der Waals surface area contributed by atoms with Crippen molar-refractivity contribution in [3.05, 3.63) is 97.0 Å². The zero-order valence-corrected chi connectivity index (χ0v) is 24.7. The van der Waals surface area contributed by atoms with Crippen molar-refractivity contribution in [2.45, 2.75) is 44.2 Å². The van der Waals surface area contributed by atoms with Gasteiger partial charge >= 0.3 is 5.97 Å². The highest BCUT2D eigenvalue weighted by Gasteiger charge is 2.48. The van der Waals surface area contributed by atoms with Crippen molar-refractivity contribution in [3.8, 4) is 0 Å². The molecule has 2 amide bonds. The number of aliphatic carboxylic acids is 1. The summed E-state index contributed by atoms with van der Waals surface area (Å²) in [6.07, 6.45) is 2.85. The van der Waals surface area contributed by atoms with Crippen molar-refractivity contribution in [3.63, 3.8) is 0 Å². The molecule has 6 nitrogen and oxygen atoms in total. The van der Waals surface area contributed by atoms with Gasteiger partial charge in [0.25, 0.3) is 11.8 Å². The van der Waals surface area contributed by atoms with Gasteiger partial charge in [-0.2, -0.15) is 0 Å². The molecule has 2 atom stereocenters. The molecule has 0 radical (unpaired) electrons. The molecule has 202 valence electrons. The van der Waals surface area contributed by atoms with Crippen LogP contribution in [0.25, 0.3) is 0 Å². The van der Waals surface area contributed by atoms with Crippen LogP contribution in [0.15, 0.2) is 66.7 Å². The molecule has 1 aliphatic carbocycles. The van der Waals surface area contributed by atoms with Crippen molar-refractivity contribution in [1.82, 2.24) is 4.90 Å². The molecule has 2 aliphatic rings. The number of hydrogen-bond acceptors (Lipinski definition) is 3. The fraction of sp³-hybridized carbons (Fsp3) is 0.300. The molecule has 39 heavy (non-hydrogen) atoms. The monoisotopic (exact) mass is 676 g/mol. The summed E-state index contributed by atoms with van der Waals surface area (Å²) in [7, 11) is 0. The molecule has 5 rings (SSSR count). The Labute approximate surface area is 251 Å². The van der Waals surface area contributed by atoms with Gasteiger partial charge in [0, 0.05) is 26.6 Å². The predicted molar refractivity (Wildman–Crippen MR) is 160 cm³/mol. The molecule has 1 heterocycles. The minimum absolute atomic E-state index is 0.0214. The van der Waals surface area contributed by atoms with Gasteiger partial charge in [-0.1, -0.05) is 47.5 Å². The van der Waals surface area contributed by atoms with Gasteiger partial charge in [0.2, 0.25) is 0 Å². The maximum atomic E-state index is 14.6. The Bertz CT molecular complexity index is 1390. The number of carboxylic acids is 1. The van der Waals surface area contributed by atoms with Crippen LogP contribution in [0.4, 0.5) is 5.69 Å². The van der Waals surface area contributed by atoms with Crippen LogP contribution < -0.4 is 4.90 Å². The van der Waals surface area contributed by atoms with E-state index in [0.717, 1.165) is 22.0 Å². The Kier molecular flexibility index (Phi) is 8.49. The molecular weight excluding hydrogens is 650 g/mol. The SMILES string of the molecule is O=C(O)CCCCN1C(=O)[C@H](c2ccc(Cl)cc2)N(C(c2ccc(Cl)cc2)C2CC2)C(=O)c2cc(I)ccc21. The summed E-state index contributed by atoms with van der Waals surface area (Å²) in [6, 6.07) is 18.9. The summed E-state index contributed by atoms with van der Waals surface area (Å²) in [6.45, 7) is 0.306. The lowest BCUT2D eigenvalue weighted by molar-refractivity contribution is -0.137. The molecule has 1 fully saturated rings. The third-order valence-corrected chi connectivity index (χ3v) is 8.46. The maximum absolute atomic E-state index is 14.6. The molecule has 0 aromatic heterocycles. The molecule has 1 aliphatic heterocycles. The van der Waals surface area contributed by atoms with Crippen molar-refractivity contribution >= 4 is 69.3 Å². The van der Waals surface area contributed by atoms with Crippen molar-refractivity contribution in [2.24, 2.45) is 5.92 Å². The van der Waals surface area contributed by atoms with Gasteiger partial charge in [0.15, 0.2) is 0 Å². The standard InChI is InChI=1S/C30H27Cl2IN2O4/c31-21-10-6-19(7-11-21)27(18-4-5-18)35-28(20-8-12-22(32)13-9-20)30(39)34(16-2-1-3-26(36)37)25-15-14-23(33)17-24(25)29(35)38/h6-15,17-18,27-28H,1-5,16H2,(H,36,37)/t27?,28-/m0/s1. The number of hydrogen-bond donors (Lipinski definition) is 1. The number of halogens is 3. The van der Waals surface area contributed by atoms with E-state index in [0.29, 0.717) is 46.2 Å². The van der Waals surface area contributed by atoms with E-state index in [9.17, 15) is 14.4 Å². The van der Waals surface area contributed by atoms with Crippen LogP contribution in [0.3, 0.4) is 0 Å². The summed E-state index contributed by atoms with van der Waals surface area (Å²) in [5.74, 6) is -1.09. The van der Waals surface area contributed by atoms with E-state index >= 15 is 0 Å². The second kappa shape index (κ2) is 11.9. The molecule has 1 unspecified atom stereocenters. The van der Waals surface area contributed by atoms with E-state index in [4.69, 9.17) is 28.3 Å². The second-order valence-corrected chi connectivity index (χ2v) is 12.1. The highest BCUT2D eigenvalue weighted by Crippen LogP contribution is 2.50. The van der Waals surface area contributed by atoms with Gasteiger partial charge in [-0.05, 0) is 108 Å². The lowest BCUT2D eigenvalue weighted by atomic mass is 9.94. The van der Waals surface area contributed by atoms with Gasteiger partial charge < -0.3 is 14.9 Å². The zero-order chi connectivity index (χ0) is 27.7. The topological polar surface area (TPSA) is 77.9 Å². The first-order valence-corrected chi connectivity index (χ1v) is 14.7. The second-order valence-electron chi connectivity index (χ2n) is 10.0. The third-order valence-electron chi connectivity index (χ3n) is 7.28. The van der Waals surface area contributed by atoms with Gasteiger partial charge in [0.05, 0.1) is 17.3 Å². The van der Waals surface area contributed by atoms with Crippen LogP contribution in [-0.2, 0) is 9.59 Å². The molecule has 0 bridgehead atoms. The minimum atomic E-state index is -0.888. The van der Waals surface area contributed by atoms with Crippen LogP contribution in [0.5, 0.6) is 0 Å². The number of amides is 2. The van der Waals surface area contributed by atoms with E-state index in [2.05, 4.69) is 22.6 Å². The number of rotatable bonds is 9. The van der Waals surface area contributed by atoms with Crippen molar-refractivity contribution in [1.29, 1.82) is 0 Å². The lowest BCUT2D eigenvalue weighted by Crippen LogP contribution is -2.45. The number of benzene rings is 3. The third kappa shape index (κ3) is 6.10. The first-order valence-electron chi connectivity index (χ1n) is 12.9. The van der Waals surface area contributed by atoms with E-state index in [1.807, 2.05) is 42.5 Å². The molecule has 3 aromatic carbocycles. The normalized spacial score (nSPS) is 18.1. The van der Waals surface area contributed by atoms with Crippen LogP contribution in [0, 0.1) is 9.49 Å². The Morgan fingerprint density at radius 1 is 0.949 bits per heavy atom. The maximum Gasteiger partial charge on any atom is 0.303 e. The smallest absolute Gasteiger partial charge is 0.303 e. The highest BCUT2D eigenvalue weighted by molar-refractivity contribution is 14.1. The van der Waals surface area contributed by atoms with Crippen LogP contribution in [0.2, 0.25) is 10.0 Å². The average molecular weight is 677 g/mol. The van der Waals surface area contributed by atoms with Crippen molar-refractivity contribution < 1.29 is 19.5 Å². The largest absolute Gasteiger partial charge is 0.481 e. The van der Waals surface area contributed by atoms with Gasteiger partial charge in [0.1, 0.15) is 6.04 Å². The number of carbonyl (C=O) groups excluding carboxylic acids is 2. The summed E-state index contributed by atoms with van der Waals surface area (Å²) < 4.78 is 0.886. The number of unbranched alkanes of at least 4 members (excludes halogenated alkanes) is 1. The summed E-state index contributed by atoms with van der Waals surface area (Å²) in [4.78, 5) is 43.7. The molecule has 0 spiro atoms. The predicted octanol–water partition coefficient (Wildman–Crippen LogP) is 7.53. The Morgan fingerprint density at radius 2 is 1.59 bits per heavy atom. The van der Waals surface area contributed by atoms with Gasteiger partial charge in [-0.15, -0.1) is 0 Å². The number of nitrogens with zero attached hydrogens (tertiary/aromatic N) is 2. The fourth-order valence-electron chi connectivity index (χ4n) is 5.30. The number of fused-ring (bicyclic) bond motifs is 1. The first-order chi connectivity index (χ1) is 18.7. The molecule has 9 heteroatoms. The van der Waals surface area contributed by atoms with Gasteiger partial charge in [-0.25, -0.2) is 0 Å². The zero-order valence-electron chi connectivity index (χ0n) is 21.0. The van der Waals surface area contributed by atoms with E-state index in [-0.39, 0.29) is 30.2 Å². The number of carboxylic acid groups (broad SMARTS) is 1. The van der Waals surface area contributed by atoms with Crippen molar-refractivity contribution in [2.75, 3.05) is 11.4 Å². The van der Waals surface area contributed by atoms with E-state index < -0.39 is 12.0 Å². The molecular formula is C30H27Cl2IN2O4. The summed E-state index contributed by atoms with van der Waals surface area (Å²) in [5.41, 5.74) is 2.62. The molecule has 0 saturated heterocycles. The Hall–Kier alpha value is -2.62. The minimum Gasteiger partial charge on any atom is -0.481 e. The van der Waals surface area contributed by atoms with E-state index in [1.54, 1.807) is 34.1 Å². The summed E-state index contributed by atoms with van der Waals surface area (Å²) in [5, 5.41) is 10.3. The van der Waals surface area contributed by atoms with Crippen LogP contribution in [-0.4, -0.2) is 34.3 Å². The lowest BCUT2D eigenvalue weighted by Gasteiger charge is -2.38.